The minimum absolute atomic E-state index is 0.115. The van der Waals surface area contributed by atoms with E-state index in [0.717, 1.165) is 5.56 Å². The lowest BCUT2D eigenvalue weighted by Crippen LogP contribution is -2.49. The number of nitrogens with one attached hydrogen (secondary N) is 1. The summed E-state index contributed by atoms with van der Waals surface area (Å²) < 4.78 is 23.9. The summed E-state index contributed by atoms with van der Waals surface area (Å²) in [6.45, 7) is 5.52. The van der Waals surface area contributed by atoms with Gasteiger partial charge in [0.2, 0.25) is 5.91 Å². The molecule has 134 valence electrons. The number of nitrogens with zero attached hydrogens (tertiary/aromatic N) is 2. The van der Waals surface area contributed by atoms with E-state index in [-0.39, 0.29) is 23.9 Å². The molecular weight excluding hydrogens is 325 g/mol. The number of morpholine rings is 1. The molecular formula is C18H22FN3O3. The fourth-order valence-electron chi connectivity index (χ4n) is 3.08. The fraction of sp³-hybridized carbons (Fsp3) is 0.444. The normalized spacial score (nSPS) is 19.6. The van der Waals surface area contributed by atoms with Crippen molar-refractivity contribution in [2.45, 2.75) is 32.4 Å². The van der Waals surface area contributed by atoms with Crippen LogP contribution in [0.4, 0.5) is 10.2 Å². The highest BCUT2D eigenvalue weighted by atomic mass is 19.1. The number of carbonyl (C=O) groups excluding carboxylic acids is 1. The molecule has 1 aromatic carbocycles. The van der Waals surface area contributed by atoms with Crippen LogP contribution in [0, 0.1) is 12.7 Å². The quantitative estimate of drug-likeness (QED) is 0.901. The van der Waals surface area contributed by atoms with Crippen LogP contribution in [0.5, 0.6) is 0 Å². The van der Waals surface area contributed by atoms with Crippen molar-refractivity contribution in [2.24, 2.45) is 0 Å². The summed E-state index contributed by atoms with van der Waals surface area (Å²) >= 11 is 0. The zero-order valence-electron chi connectivity index (χ0n) is 14.4. The summed E-state index contributed by atoms with van der Waals surface area (Å²) in [7, 11) is 0. The number of aryl methyl sites for hydroxylation is 1. The molecule has 2 aromatic rings. The van der Waals surface area contributed by atoms with Crippen molar-refractivity contribution in [3.63, 3.8) is 0 Å². The molecule has 0 spiro atoms. The maximum Gasteiger partial charge on any atom is 0.242 e. The molecule has 0 bridgehead atoms. The topological polar surface area (TPSA) is 67.6 Å². The molecule has 0 aliphatic carbocycles. The molecule has 6 nitrogen and oxygen atoms in total. The van der Waals surface area contributed by atoms with E-state index in [1.54, 1.807) is 25.1 Å². The summed E-state index contributed by atoms with van der Waals surface area (Å²) in [4.78, 5) is 14.7. The van der Waals surface area contributed by atoms with Gasteiger partial charge in [0.15, 0.2) is 5.82 Å². The molecule has 7 heteroatoms. The first-order valence-corrected chi connectivity index (χ1v) is 8.42. The average Bonchev–Trinajstić information content (AvgIpc) is 3.01. The largest absolute Gasteiger partial charge is 0.371 e. The first kappa shape index (κ1) is 17.6. The molecule has 2 atom stereocenters. The van der Waals surface area contributed by atoms with Crippen molar-refractivity contribution in [1.29, 1.82) is 0 Å². The lowest BCUT2D eigenvalue weighted by atomic mass is 10.1. The van der Waals surface area contributed by atoms with Crippen molar-refractivity contribution in [3.05, 3.63) is 47.5 Å². The number of hydrogen-bond acceptors (Lipinski definition) is 5. The fourth-order valence-corrected chi connectivity index (χ4v) is 3.08. The highest BCUT2D eigenvalue weighted by Gasteiger charge is 2.30. The Morgan fingerprint density at radius 1 is 1.44 bits per heavy atom. The van der Waals surface area contributed by atoms with Crippen molar-refractivity contribution in [3.8, 4) is 0 Å². The molecule has 1 aromatic heterocycles. The maximum absolute atomic E-state index is 13.1. The molecule has 1 fully saturated rings. The highest BCUT2D eigenvalue weighted by Crippen LogP contribution is 2.24. The number of aromatic nitrogens is 1. The number of benzene rings is 1. The Morgan fingerprint density at radius 3 is 2.84 bits per heavy atom. The maximum atomic E-state index is 13.1. The monoisotopic (exact) mass is 347 g/mol. The first-order chi connectivity index (χ1) is 12.1. The van der Waals surface area contributed by atoms with Crippen molar-refractivity contribution >= 4 is 11.7 Å². The molecule has 1 aliphatic rings. The van der Waals surface area contributed by atoms with E-state index in [4.69, 9.17) is 9.26 Å². The van der Waals surface area contributed by atoms with E-state index in [9.17, 15) is 9.18 Å². The van der Waals surface area contributed by atoms with Crippen LogP contribution >= 0.6 is 0 Å². The number of anilines is 1. The van der Waals surface area contributed by atoms with E-state index in [2.05, 4.69) is 15.4 Å². The zero-order valence-corrected chi connectivity index (χ0v) is 14.4. The summed E-state index contributed by atoms with van der Waals surface area (Å²) in [6, 6.07) is 7.70. The predicted octanol–water partition coefficient (Wildman–Crippen LogP) is 2.91. The standard InChI is InChI=1S/C18H22FN3O3/c1-3-15(18(23)20-17-10-12(2)25-21-17)22-8-9-24-16(11-22)13-4-6-14(19)7-5-13/h4-7,10,15-16H,3,8-9,11H2,1-2H3,(H,20,21,23)/t15-,16+/m1/s1. The van der Waals surface area contributed by atoms with E-state index in [0.29, 0.717) is 37.7 Å². The van der Waals surface area contributed by atoms with E-state index in [1.165, 1.54) is 12.1 Å². The number of carbonyl (C=O) groups is 1. The molecule has 0 saturated carbocycles. The van der Waals surface area contributed by atoms with E-state index < -0.39 is 0 Å². The first-order valence-electron chi connectivity index (χ1n) is 8.42. The van der Waals surface area contributed by atoms with Crippen molar-refractivity contribution in [1.82, 2.24) is 10.1 Å². The average molecular weight is 347 g/mol. The Hall–Kier alpha value is -2.25. The van der Waals surface area contributed by atoms with Gasteiger partial charge in [0, 0.05) is 19.2 Å². The second-order valence-electron chi connectivity index (χ2n) is 6.14. The minimum atomic E-state index is -0.288. The molecule has 3 rings (SSSR count). The van der Waals surface area contributed by atoms with Crippen LogP contribution in [-0.2, 0) is 9.53 Å². The van der Waals surface area contributed by atoms with Crippen molar-refractivity contribution < 1.29 is 18.4 Å². The molecule has 25 heavy (non-hydrogen) atoms. The lowest BCUT2D eigenvalue weighted by Gasteiger charge is -2.37. The van der Waals surface area contributed by atoms with Gasteiger partial charge in [0.25, 0.3) is 0 Å². The Morgan fingerprint density at radius 2 is 2.20 bits per heavy atom. The molecule has 1 N–H and O–H groups in total. The van der Waals surface area contributed by atoms with Gasteiger partial charge >= 0.3 is 0 Å². The molecule has 0 unspecified atom stereocenters. The van der Waals surface area contributed by atoms with Crippen LogP contribution in [0.15, 0.2) is 34.9 Å². The summed E-state index contributed by atoms with van der Waals surface area (Å²) in [6.07, 6.45) is 0.490. The van der Waals surface area contributed by atoms with Gasteiger partial charge in [-0.15, -0.1) is 0 Å². The smallest absolute Gasteiger partial charge is 0.242 e. The van der Waals surface area contributed by atoms with Gasteiger partial charge in [-0.2, -0.15) is 0 Å². The number of hydrogen-bond donors (Lipinski definition) is 1. The lowest BCUT2D eigenvalue weighted by molar-refractivity contribution is -0.125. The van der Waals surface area contributed by atoms with Crippen LogP contribution in [-0.4, -0.2) is 41.7 Å². The van der Waals surface area contributed by atoms with Gasteiger partial charge in [-0.1, -0.05) is 24.2 Å². The van der Waals surface area contributed by atoms with Crippen LogP contribution in [0.2, 0.25) is 0 Å². The van der Waals surface area contributed by atoms with Crippen LogP contribution in [0.1, 0.15) is 30.8 Å². The Bertz CT molecular complexity index is 717. The summed E-state index contributed by atoms with van der Waals surface area (Å²) in [5.74, 6) is 0.677. The SMILES string of the molecule is CC[C@H](C(=O)Nc1cc(C)on1)N1CCO[C@H](c2ccc(F)cc2)C1. The van der Waals surface area contributed by atoms with Gasteiger partial charge in [0.1, 0.15) is 11.6 Å². The summed E-state index contributed by atoms with van der Waals surface area (Å²) in [5.41, 5.74) is 0.911. The molecule has 1 saturated heterocycles. The van der Waals surface area contributed by atoms with Crippen molar-refractivity contribution in [2.75, 3.05) is 25.0 Å². The van der Waals surface area contributed by atoms with Crippen LogP contribution in [0.25, 0.3) is 0 Å². The van der Waals surface area contributed by atoms with Gasteiger partial charge in [-0.05, 0) is 31.0 Å². The summed E-state index contributed by atoms with van der Waals surface area (Å²) in [5, 5.41) is 6.60. The highest BCUT2D eigenvalue weighted by molar-refractivity contribution is 5.94. The van der Waals surface area contributed by atoms with Crippen LogP contribution in [0.3, 0.4) is 0 Å². The molecule has 1 aliphatic heterocycles. The molecule has 2 heterocycles. The van der Waals surface area contributed by atoms with Gasteiger partial charge in [0.05, 0.1) is 18.8 Å². The number of amides is 1. The molecule has 0 radical (unpaired) electrons. The Labute approximate surface area is 145 Å². The number of rotatable bonds is 5. The van der Waals surface area contributed by atoms with Gasteiger partial charge < -0.3 is 14.6 Å². The minimum Gasteiger partial charge on any atom is -0.371 e. The number of halogens is 1. The second-order valence-corrected chi connectivity index (χ2v) is 6.14. The number of ether oxygens (including phenoxy) is 1. The van der Waals surface area contributed by atoms with Gasteiger partial charge in [-0.3, -0.25) is 9.69 Å². The Kier molecular flexibility index (Phi) is 5.45. The van der Waals surface area contributed by atoms with Gasteiger partial charge in [-0.25, -0.2) is 4.39 Å². The second kappa shape index (κ2) is 7.76. The third kappa shape index (κ3) is 4.24. The Balaban J connectivity index is 1.67. The van der Waals surface area contributed by atoms with Crippen LogP contribution < -0.4 is 5.32 Å². The predicted molar refractivity (Wildman–Crippen MR) is 90.6 cm³/mol. The van der Waals surface area contributed by atoms with E-state index in [1.807, 2.05) is 6.92 Å². The van der Waals surface area contributed by atoms with E-state index >= 15 is 0 Å². The zero-order chi connectivity index (χ0) is 17.8. The molecule has 1 amide bonds. The third-order valence-electron chi connectivity index (χ3n) is 4.35. The third-order valence-corrected chi connectivity index (χ3v) is 4.35.